The van der Waals surface area contributed by atoms with Gasteiger partial charge < -0.3 is 9.64 Å². The highest BCUT2D eigenvalue weighted by molar-refractivity contribution is 5.75. The summed E-state index contributed by atoms with van der Waals surface area (Å²) in [5.74, 6) is -0.297. The molecule has 0 radical (unpaired) electrons. The number of anilines is 1. The highest BCUT2D eigenvalue weighted by Gasteiger charge is 2.11. The van der Waals surface area contributed by atoms with Crippen LogP contribution in [0.5, 0.6) is 0 Å². The minimum Gasteiger partial charge on any atom is -0.468 e. The van der Waals surface area contributed by atoms with E-state index in [0.29, 0.717) is 5.69 Å². The van der Waals surface area contributed by atoms with Crippen molar-refractivity contribution in [2.45, 2.75) is 13.3 Å². The first kappa shape index (κ1) is 13.0. The highest BCUT2D eigenvalue weighted by Crippen LogP contribution is 2.14. The molecule has 0 aliphatic rings. The number of nitrogens with zero attached hydrogens (tertiary/aromatic N) is 3. The summed E-state index contributed by atoms with van der Waals surface area (Å²) in [4.78, 5) is 17.0. The molecular weight excluding hydrogens is 218 g/mol. The minimum absolute atomic E-state index is 0.180. The SMILES string of the molecule is CCCN(CC(=O)OC)c1ccnc(C#N)c1. The van der Waals surface area contributed by atoms with Gasteiger partial charge in [0.1, 0.15) is 18.3 Å². The molecule has 1 aromatic heterocycles. The Morgan fingerprint density at radius 3 is 3.00 bits per heavy atom. The maximum Gasteiger partial charge on any atom is 0.325 e. The Hall–Kier alpha value is -2.09. The van der Waals surface area contributed by atoms with Crippen LogP contribution >= 0.6 is 0 Å². The molecular formula is C12H15N3O2. The number of hydrogen-bond acceptors (Lipinski definition) is 5. The van der Waals surface area contributed by atoms with Crippen molar-refractivity contribution in [1.29, 1.82) is 5.26 Å². The lowest BCUT2D eigenvalue weighted by atomic mass is 10.2. The Balaban J connectivity index is 2.88. The van der Waals surface area contributed by atoms with Crippen LogP contribution in [-0.2, 0) is 9.53 Å². The Kier molecular flexibility index (Phi) is 4.95. The first-order chi connectivity index (χ1) is 8.21. The summed E-state index contributed by atoms with van der Waals surface area (Å²) in [6.07, 6.45) is 2.47. The molecule has 1 rings (SSSR count). The molecule has 17 heavy (non-hydrogen) atoms. The van der Waals surface area contributed by atoms with E-state index in [1.54, 1.807) is 18.3 Å². The third-order valence-corrected chi connectivity index (χ3v) is 2.26. The first-order valence-electron chi connectivity index (χ1n) is 5.39. The second-order valence-electron chi connectivity index (χ2n) is 3.51. The molecule has 0 aliphatic carbocycles. The number of ether oxygens (including phenoxy) is 1. The highest BCUT2D eigenvalue weighted by atomic mass is 16.5. The molecule has 0 saturated heterocycles. The van der Waals surface area contributed by atoms with E-state index in [1.807, 2.05) is 17.9 Å². The van der Waals surface area contributed by atoms with Crippen LogP contribution in [0.2, 0.25) is 0 Å². The van der Waals surface area contributed by atoms with Crippen molar-refractivity contribution in [3.63, 3.8) is 0 Å². The molecule has 0 fully saturated rings. The van der Waals surface area contributed by atoms with Crippen molar-refractivity contribution in [1.82, 2.24) is 4.98 Å². The summed E-state index contributed by atoms with van der Waals surface area (Å²) in [5, 5.41) is 8.78. The number of esters is 1. The standard InChI is InChI=1S/C12H15N3O2/c1-3-6-15(9-12(16)17-2)11-4-5-14-10(7-11)8-13/h4-5,7H,3,6,9H2,1-2H3. The van der Waals surface area contributed by atoms with Crippen LogP contribution in [0.25, 0.3) is 0 Å². The van der Waals surface area contributed by atoms with Crippen molar-refractivity contribution in [2.75, 3.05) is 25.1 Å². The van der Waals surface area contributed by atoms with E-state index < -0.39 is 0 Å². The van der Waals surface area contributed by atoms with E-state index in [1.165, 1.54) is 7.11 Å². The van der Waals surface area contributed by atoms with E-state index in [-0.39, 0.29) is 12.5 Å². The van der Waals surface area contributed by atoms with Crippen molar-refractivity contribution in [3.05, 3.63) is 24.0 Å². The lowest BCUT2D eigenvalue weighted by molar-refractivity contribution is -0.138. The predicted molar refractivity (Wildman–Crippen MR) is 63.5 cm³/mol. The van der Waals surface area contributed by atoms with Crippen molar-refractivity contribution >= 4 is 11.7 Å². The van der Waals surface area contributed by atoms with Crippen LogP contribution in [0.4, 0.5) is 5.69 Å². The predicted octanol–water partition coefficient (Wildman–Crippen LogP) is 1.34. The number of nitriles is 1. The van der Waals surface area contributed by atoms with Crippen molar-refractivity contribution in [3.8, 4) is 6.07 Å². The number of carbonyl (C=O) groups excluding carboxylic acids is 1. The smallest absolute Gasteiger partial charge is 0.325 e. The Morgan fingerprint density at radius 2 is 2.41 bits per heavy atom. The Morgan fingerprint density at radius 1 is 1.65 bits per heavy atom. The van der Waals surface area contributed by atoms with Gasteiger partial charge in [-0.15, -0.1) is 0 Å². The lowest BCUT2D eigenvalue weighted by Crippen LogP contribution is -2.31. The second kappa shape index (κ2) is 6.48. The van der Waals surface area contributed by atoms with Crippen molar-refractivity contribution < 1.29 is 9.53 Å². The summed E-state index contributed by atoms with van der Waals surface area (Å²) in [6, 6.07) is 5.42. The second-order valence-corrected chi connectivity index (χ2v) is 3.51. The third kappa shape index (κ3) is 3.76. The number of carbonyl (C=O) groups is 1. The fraction of sp³-hybridized carbons (Fsp3) is 0.417. The number of hydrogen-bond donors (Lipinski definition) is 0. The quantitative estimate of drug-likeness (QED) is 0.718. The summed E-state index contributed by atoms with van der Waals surface area (Å²) >= 11 is 0. The van der Waals surface area contributed by atoms with Gasteiger partial charge in [0.15, 0.2) is 0 Å². The van der Waals surface area contributed by atoms with E-state index in [0.717, 1.165) is 18.7 Å². The van der Waals surface area contributed by atoms with Crippen LogP contribution in [0, 0.1) is 11.3 Å². The summed E-state index contributed by atoms with van der Waals surface area (Å²) in [6.45, 7) is 2.93. The van der Waals surface area contributed by atoms with Gasteiger partial charge in [0, 0.05) is 18.4 Å². The van der Waals surface area contributed by atoms with Gasteiger partial charge in [0.05, 0.1) is 7.11 Å². The molecule has 90 valence electrons. The van der Waals surface area contributed by atoms with Crippen LogP contribution in [0.15, 0.2) is 18.3 Å². The van der Waals surface area contributed by atoms with Gasteiger partial charge in [-0.25, -0.2) is 4.98 Å². The maximum absolute atomic E-state index is 11.3. The van der Waals surface area contributed by atoms with E-state index >= 15 is 0 Å². The molecule has 0 N–H and O–H groups in total. The average molecular weight is 233 g/mol. The van der Waals surface area contributed by atoms with Crippen LogP contribution < -0.4 is 4.90 Å². The number of aromatic nitrogens is 1. The minimum atomic E-state index is -0.297. The van der Waals surface area contributed by atoms with Crippen LogP contribution in [0.1, 0.15) is 19.0 Å². The topological polar surface area (TPSA) is 66.2 Å². The third-order valence-electron chi connectivity index (χ3n) is 2.26. The molecule has 5 heteroatoms. The normalized spacial score (nSPS) is 9.47. The van der Waals surface area contributed by atoms with E-state index in [9.17, 15) is 4.79 Å². The Bertz CT molecular complexity index is 426. The molecule has 0 aromatic carbocycles. The van der Waals surface area contributed by atoms with Gasteiger partial charge in [0.25, 0.3) is 0 Å². The van der Waals surface area contributed by atoms with Gasteiger partial charge in [-0.2, -0.15) is 5.26 Å². The van der Waals surface area contributed by atoms with Gasteiger partial charge in [-0.05, 0) is 18.6 Å². The molecule has 0 unspecified atom stereocenters. The molecule has 0 saturated carbocycles. The fourth-order valence-electron chi connectivity index (χ4n) is 1.47. The average Bonchev–Trinajstić information content (AvgIpc) is 2.38. The molecule has 0 amide bonds. The van der Waals surface area contributed by atoms with Gasteiger partial charge in [0.2, 0.25) is 0 Å². The van der Waals surface area contributed by atoms with Gasteiger partial charge in [-0.3, -0.25) is 4.79 Å². The maximum atomic E-state index is 11.3. The Labute approximate surface area is 101 Å². The molecule has 0 spiro atoms. The molecule has 1 heterocycles. The fourth-order valence-corrected chi connectivity index (χ4v) is 1.47. The molecule has 5 nitrogen and oxygen atoms in total. The summed E-state index contributed by atoms with van der Waals surface area (Å²) in [7, 11) is 1.36. The van der Waals surface area contributed by atoms with E-state index in [4.69, 9.17) is 5.26 Å². The monoisotopic (exact) mass is 233 g/mol. The molecule has 1 aromatic rings. The number of methoxy groups -OCH3 is 1. The number of rotatable bonds is 5. The molecule has 0 aliphatic heterocycles. The zero-order valence-electron chi connectivity index (χ0n) is 10.0. The summed E-state index contributed by atoms with van der Waals surface area (Å²) < 4.78 is 4.64. The molecule has 0 bridgehead atoms. The van der Waals surface area contributed by atoms with Gasteiger partial charge >= 0.3 is 5.97 Å². The zero-order chi connectivity index (χ0) is 12.7. The molecule has 0 atom stereocenters. The van der Waals surface area contributed by atoms with Crippen LogP contribution in [0.3, 0.4) is 0 Å². The largest absolute Gasteiger partial charge is 0.468 e. The first-order valence-corrected chi connectivity index (χ1v) is 5.39. The van der Waals surface area contributed by atoms with Crippen molar-refractivity contribution in [2.24, 2.45) is 0 Å². The van der Waals surface area contributed by atoms with Gasteiger partial charge in [-0.1, -0.05) is 6.92 Å². The van der Waals surface area contributed by atoms with Crippen LogP contribution in [-0.4, -0.2) is 31.2 Å². The zero-order valence-corrected chi connectivity index (χ0v) is 10.0. The number of pyridine rings is 1. The lowest BCUT2D eigenvalue weighted by Gasteiger charge is -2.22. The van der Waals surface area contributed by atoms with E-state index in [2.05, 4.69) is 9.72 Å². The summed E-state index contributed by atoms with van der Waals surface area (Å²) in [5.41, 5.74) is 1.15.